The van der Waals surface area contributed by atoms with Gasteiger partial charge in [-0.25, -0.2) is 0 Å². The van der Waals surface area contributed by atoms with E-state index in [9.17, 15) is 0 Å². The van der Waals surface area contributed by atoms with E-state index in [-0.39, 0.29) is 5.54 Å². The van der Waals surface area contributed by atoms with E-state index in [0.717, 1.165) is 6.42 Å². The molecule has 0 fully saturated rings. The van der Waals surface area contributed by atoms with Crippen LogP contribution >= 0.6 is 0 Å². The fourth-order valence-electron chi connectivity index (χ4n) is 5.28. The van der Waals surface area contributed by atoms with E-state index in [2.05, 4.69) is 51.1 Å². The Balaban J connectivity index is 1.86. The Kier molecular flexibility index (Phi) is 19.7. The van der Waals surface area contributed by atoms with Gasteiger partial charge in [-0.05, 0) is 38.2 Å². The van der Waals surface area contributed by atoms with Crippen molar-refractivity contribution in [2.75, 3.05) is 0 Å². The summed E-state index contributed by atoms with van der Waals surface area (Å²) in [5.41, 5.74) is 7.85. The molecule has 0 aliphatic heterocycles. The Bertz CT molecular complexity index is 529. The first-order valence-corrected chi connectivity index (χ1v) is 15.4. The number of hydrogen-bond acceptors (Lipinski definition) is 1. The molecule has 1 aromatic rings. The monoisotopic (exact) mass is 471 g/mol. The predicted molar refractivity (Wildman–Crippen MR) is 155 cm³/mol. The molecule has 1 nitrogen and oxygen atoms in total. The van der Waals surface area contributed by atoms with Crippen LogP contribution in [0, 0.1) is 5.92 Å². The van der Waals surface area contributed by atoms with Gasteiger partial charge in [-0.15, -0.1) is 0 Å². The van der Waals surface area contributed by atoms with E-state index in [0.29, 0.717) is 5.92 Å². The van der Waals surface area contributed by atoms with Gasteiger partial charge in [0.2, 0.25) is 0 Å². The maximum atomic E-state index is 6.51. The molecule has 0 aliphatic rings. The molecular formula is C33H61N. The summed E-state index contributed by atoms with van der Waals surface area (Å²) in [5.74, 6) is 0.574. The summed E-state index contributed by atoms with van der Waals surface area (Å²) in [5, 5.41) is 0. The van der Waals surface area contributed by atoms with Crippen LogP contribution in [0.2, 0.25) is 0 Å². The summed E-state index contributed by atoms with van der Waals surface area (Å²) >= 11 is 0. The van der Waals surface area contributed by atoms with Crippen LogP contribution in [0.15, 0.2) is 30.3 Å². The SMILES string of the molecule is CCCCCCCCCCCCCCCCCCCCCCC(Cc1ccccc1)C(C)(C)N. The highest BCUT2D eigenvalue weighted by molar-refractivity contribution is 5.16. The van der Waals surface area contributed by atoms with E-state index >= 15 is 0 Å². The standard InChI is InChI=1S/C33H61N/c1-4-5-6-7-8-9-10-11-12-13-14-15-16-17-18-19-20-21-22-26-29-32(33(2,3)34)30-31-27-24-23-25-28-31/h23-25,27-28,32H,4-22,26,29-30,34H2,1-3H3. The predicted octanol–water partition coefficient (Wildman–Crippen LogP) is 10.8. The van der Waals surface area contributed by atoms with Crippen LogP contribution in [-0.4, -0.2) is 5.54 Å². The lowest BCUT2D eigenvalue weighted by Gasteiger charge is -2.31. The summed E-state index contributed by atoms with van der Waals surface area (Å²) in [4.78, 5) is 0. The van der Waals surface area contributed by atoms with Crippen LogP contribution in [0.4, 0.5) is 0 Å². The van der Waals surface area contributed by atoms with Crippen molar-refractivity contribution in [1.82, 2.24) is 0 Å². The fraction of sp³-hybridized carbons (Fsp3) is 0.818. The maximum Gasteiger partial charge on any atom is 0.0129 e. The van der Waals surface area contributed by atoms with E-state index in [1.807, 2.05) is 0 Å². The molecule has 1 unspecified atom stereocenters. The van der Waals surface area contributed by atoms with Gasteiger partial charge in [-0.2, -0.15) is 0 Å². The Labute approximate surface area is 215 Å². The van der Waals surface area contributed by atoms with E-state index in [1.165, 1.54) is 140 Å². The molecule has 0 saturated heterocycles. The zero-order chi connectivity index (χ0) is 24.7. The van der Waals surface area contributed by atoms with Gasteiger partial charge >= 0.3 is 0 Å². The smallest absolute Gasteiger partial charge is 0.0129 e. The molecule has 0 bridgehead atoms. The first-order chi connectivity index (χ1) is 16.5. The third-order valence-corrected chi connectivity index (χ3v) is 7.78. The van der Waals surface area contributed by atoms with Gasteiger partial charge in [0.05, 0.1) is 0 Å². The maximum absolute atomic E-state index is 6.51. The zero-order valence-electron chi connectivity index (χ0n) is 23.6. The van der Waals surface area contributed by atoms with Crippen molar-refractivity contribution < 1.29 is 0 Å². The average Bonchev–Trinajstić information content (AvgIpc) is 2.82. The Morgan fingerprint density at radius 3 is 1.26 bits per heavy atom. The number of nitrogens with two attached hydrogens (primary N) is 1. The Morgan fingerprint density at radius 2 is 0.912 bits per heavy atom. The molecule has 0 radical (unpaired) electrons. The quantitative estimate of drug-likeness (QED) is 0.149. The third kappa shape index (κ3) is 18.5. The van der Waals surface area contributed by atoms with Gasteiger partial charge in [0.25, 0.3) is 0 Å². The molecule has 198 valence electrons. The van der Waals surface area contributed by atoms with Gasteiger partial charge in [-0.1, -0.05) is 166 Å². The fourth-order valence-corrected chi connectivity index (χ4v) is 5.28. The number of unbranched alkanes of at least 4 members (excludes halogenated alkanes) is 19. The molecule has 34 heavy (non-hydrogen) atoms. The number of benzene rings is 1. The van der Waals surface area contributed by atoms with Gasteiger partial charge in [0, 0.05) is 5.54 Å². The summed E-state index contributed by atoms with van der Waals surface area (Å²) in [6.45, 7) is 6.71. The summed E-state index contributed by atoms with van der Waals surface area (Å²) in [7, 11) is 0. The zero-order valence-corrected chi connectivity index (χ0v) is 23.6. The Hall–Kier alpha value is -0.820. The minimum Gasteiger partial charge on any atom is -0.325 e. The number of rotatable bonds is 24. The van der Waals surface area contributed by atoms with Crippen LogP contribution < -0.4 is 5.73 Å². The van der Waals surface area contributed by atoms with Crippen molar-refractivity contribution in [3.05, 3.63) is 35.9 Å². The normalized spacial score (nSPS) is 12.8. The average molecular weight is 472 g/mol. The molecule has 0 amide bonds. The lowest BCUT2D eigenvalue weighted by molar-refractivity contribution is 0.290. The molecule has 0 aromatic heterocycles. The van der Waals surface area contributed by atoms with Crippen molar-refractivity contribution in [3.63, 3.8) is 0 Å². The highest BCUT2D eigenvalue weighted by Gasteiger charge is 2.24. The highest BCUT2D eigenvalue weighted by atomic mass is 14.7. The first kappa shape index (κ1) is 31.2. The Morgan fingerprint density at radius 1 is 0.559 bits per heavy atom. The molecule has 1 aromatic carbocycles. The van der Waals surface area contributed by atoms with Crippen LogP contribution in [0.5, 0.6) is 0 Å². The van der Waals surface area contributed by atoms with Crippen molar-refractivity contribution in [1.29, 1.82) is 0 Å². The van der Waals surface area contributed by atoms with Crippen molar-refractivity contribution in [3.8, 4) is 0 Å². The lowest BCUT2D eigenvalue weighted by Crippen LogP contribution is -2.42. The van der Waals surface area contributed by atoms with Crippen LogP contribution in [0.1, 0.15) is 161 Å². The molecule has 0 aliphatic carbocycles. The second kappa shape index (κ2) is 21.5. The van der Waals surface area contributed by atoms with Gasteiger partial charge in [0.15, 0.2) is 0 Å². The van der Waals surface area contributed by atoms with Crippen molar-refractivity contribution in [2.24, 2.45) is 11.7 Å². The van der Waals surface area contributed by atoms with Crippen LogP contribution in [0.3, 0.4) is 0 Å². The van der Waals surface area contributed by atoms with E-state index < -0.39 is 0 Å². The first-order valence-electron chi connectivity index (χ1n) is 15.4. The molecule has 0 spiro atoms. The second-order valence-corrected chi connectivity index (χ2v) is 11.7. The topological polar surface area (TPSA) is 26.0 Å². The van der Waals surface area contributed by atoms with Gasteiger partial charge in [0.1, 0.15) is 0 Å². The van der Waals surface area contributed by atoms with Crippen molar-refractivity contribution >= 4 is 0 Å². The van der Waals surface area contributed by atoms with Crippen LogP contribution in [0.25, 0.3) is 0 Å². The molecular weight excluding hydrogens is 410 g/mol. The summed E-state index contributed by atoms with van der Waals surface area (Å²) in [6, 6.07) is 10.9. The van der Waals surface area contributed by atoms with Crippen molar-refractivity contribution in [2.45, 2.75) is 168 Å². The highest BCUT2D eigenvalue weighted by Crippen LogP contribution is 2.25. The minimum atomic E-state index is -0.0935. The van der Waals surface area contributed by atoms with E-state index in [1.54, 1.807) is 0 Å². The van der Waals surface area contributed by atoms with Crippen LogP contribution in [-0.2, 0) is 6.42 Å². The van der Waals surface area contributed by atoms with E-state index in [4.69, 9.17) is 5.73 Å². The van der Waals surface area contributed by atoms with Gasteiger partial charge in [-0.3, -0.25) is 0 Å². The number of hydrogen-bond donors (Lipinski definition) is 1. The molecule has 2 N–H and O–H groups in total. The molecule has 1 heteroatoms. The third-order valence-electron chi connectivity index (χ3n) is 7.78. The molecule has 0 saturated carbocycles. The summed E-state index contributed by atoms with van der Waals surface area (Å²) < 4.78 is 0. The lowest BCUT2D eigenvalue weighted by atomic mass is 9.80. The van der Waals surface area contributed by atoms with Gasteiger partial charge < -0.3 is 5.73 Å². The molecule has 0 heterocycles. The summed E-state index contributed by atoms with van der Waals surface area (Å²) in [6.07, 6.45) is 31.2. The molecule has 1 rings (SSSR count). The molecule has 1 atom stereocenters. The minimum absolute atomic E-state index is 0.0935. The largest absolute Gasteiger partial charge is 0.325 e. The second-order valence-electron chi connectivity index (χ2n) is 11.7.